The molecule has 0 bridgehead atoms. The molecule has 1 aliphatic heterocycles. The lowest BCUT2D eigenvalue weighted by Gasteiger charge is -2.35. The Morgan fingerprint density at radius 3 is 3.36 bits per heavy atom. The summed E-state index contributed by atoms with van der Waals surface area (Å²) in [5, 5.41) is 3.31. The number of ketones is 1. The van der Waals surface area contributed by atoms with Crippen LogP contribution in [0.2, 0.25) is 0 Å². The van der Waals surface area contributed by atoms with Crippen molar-refractivity contribution in [3.05, 3.63) is 0 Å². The van der Waals surface area contributed by atoms with Crippen LogP contribution in [0.3, 0.4) is 0 Å². The standard InChI is InChI=1S/C8H13NO2/c10-6-1-2-8-7(5-6)9-3-4-11-8/h7-9H,1-5H2. The maximum atomic E-state index is 11.0. The van der Waals surface area contributed by atoms with E-state index < -0.39 is 0 Å². The molecule has 0 aromatic carbocycles. The molecular weight excluding hydrogens is 142 g/mol. The molecule has 2 unspecified atom stereocenters. The second-order valence-corrected chi connectivity index (χ2v) is 3.25. The van der Waals surface area contributed by atoms with Crippen LogP contribution in [0, 0.1) is 0 Å². The lowest BCUT2D eigenvalue weighted by atomic mass is 9.90. The van der Waals surface area contributed by atoms with Gasteiger partial charge in [-0.25, -0.2) is 0 Å². The molecule has 1 saturated carbocycles. The van der Waals surface area contributed by atoms with E-state index >= 15 is 0 Å². The predicted molar refractivity (Wildman–Crippen MR) is 40.4 cm³/mol. The molecule has 3 nitrogen and oxygen atoms in total. The van der Waals surface area contributed by atoms with Crippen molar-refractivity contribution in [2.75, 3.05) is 13.2 Å². The monoisotopic (exact) mass is 155 g/mol. The molecule has 2 fully saturated rings. The maximum Gasteiger partial charge on any atom is 0.134 e. The molecule has 2 rings (SSSR count). The molecule has 0 aromatic rings. The topological polar surface area (TPSA) is 38.3 Å². The van der Waals surface area contributed by atoms with E-state index in [2.05, 4.69) is 5.32 Å². The fraction of sp³-hybridized carbons (Fsp3) is 0.875. The number of hydrogen-bond acceptors (Lipinski definition) is 3. The van der Waals surface area contributed by atoms with Crippen LogP contribution >= 0.6 is 0 Å². The third-order valence-electron chi connectivity index (χ3n) is 2.44. The second-order valence-electron chi connectivity index (χ2n) is 3.25. The summed E-state index contributed by atoms with van der Waals surface area (Å²) in [7, 11) is 0. The maximum absolute atomic E-state index is 11.0. The Hall–Kier alpha value is -0.410. The summed E-state index contributed by atoms with van der Waals surface area (Å²) in [6.45, 7) is 1.70. The molecule has 62 valence electrons. The number of nitrogens with one attached hydrogen (secondary N) is 1. The quantitative estimate of drug-likeness (QED) is 0.539. The van der Waals surface area contributed by atoms with Gasteiger partial charge in [-0.2, -0.15) is 0 Å². The summed E-state index contributed by atoms with van der Waals surface area (Å²) < 4.78 is 5.52. The van der Waals surface area contributed by atoms with Gasteiger partial charge in [-0.05, 0) is 6.42 Å². The summed E-state index contributed by atoms with van der Waals surface area (Å²) in [6, 6.07) is 0.310. The largest absolute Gasteiger partial charge is 0.375 e. The van der Waals surface area contributed by atoms with E-state index in [-0.39, 0.29) is 0 Å². The van der Waals surface area contributed by atoms with Crippen molar-refractivity contribution >= 4 is 5.78 Å². The number of rotatable bonds is 0. The third-order valence-corrected chi connectivity index (χ3v) is 2.44. The highest BCUT2D eigenvalue weighted by Gasteiger charge is 2.31. The van der Waals surface area contributed by atoms with Crippen molar-refractivity contribution in [3.63, 3.8) is 0 Å². The van der Waals surface area contributed by atoms with Crippen LogP contribution in [0.5, 0.6) is 0 Å². The Balaban J connectivity index is 1.98. The molecule has 1 saturated heterocycles. The van der Waals surface area contributed by atoms with Gasteiger partial charge in [0.15, 0.2) is 0 Å². The van der Waals surface area contributed by atoms with E-state index in [1.165, 1.54) is 0 Å². The zero-order valence-electron chi connectivity index (χ0n) is 6.51. The van der Waals surface area contributed by atoms with Gasteiger partial charge in [0.25, 0.3) is 0 Å². The first-order chi connectivity index (χ1) is 5.36. The van der Waals surface area contributed by atoms with Gasteiger partial charge < -0.3 is 10.1 Å². The second kappa shape index (κ2) is 2.91. The number of carbonyl (C=O) groups is 1. The number of morpholine rings is 1. The lowest BCUT2D eigenvalue weighted by molar-refractivity contribution is -0.126. The summed E-state index contributed by atoms with van der Waals surface area (Å²) in [5.41, 5.74) is 0. The average Bonchev–Trinajstić information content (AvgIpc) is 2.04. The van der Waals surface area contributed by atoms with Crippen molar-refractivity contribution in [2.45, 2.75) is 31.4 Å². The zero-order valence-corrected chi connectivity index (χ0v) is 6.51. The highest BCUT2D eigenvalue weighted by molar-refractivity contribution is 5.80. The Labute approximate surface area is 66.1 Å². The predicted octanol–water partition coefficient (Wildman–Crippen LogP) is 0.0964. The minimum Gasteiger partial charge on any atom is -0.375 e. The number of hydrogen-bond donors (Lipinski definition) is 1. The molecule has 0 spiro atoms. The van der Waals surface area contributed by atoms with Gasteiger partial charge in [0.2, 0.25) is 0 Å². The van der Waals surface area contributed by atoms with Crippen LogP contribution in [0.25, 0.3) is 0 Å². The Kier molecular flexibility index (Phi) is 1.92. The Morgan fingerprint density at radius 2 is 2.45 bits per heavy atom. The fourth-order valence-electron chi connectivity index (χ4n) is 1.84. The molecule has 3 heteroatoms. The Bertz CT molecular complexity index is 169. The van der Waals surface area contributed by atoms with Gasteiger partial charge in [-0.15, -0.1) is 0 Å². The highest BCUT2D eigenvalue weighted by Crippen LogP contribution is 2.20. The molecule has 2 atom stereocenters. The van der Waals surface area contributed by atoms with Gasteiger partial charge in [0.05, 0.1) is 12.7 Å². The molecule has 11 heavy (non-hydrogen) atoms. The van der Waals surface area contributed by atoms with Crippen LogP contribution in [0.1, 0.15) is 19.3 Å². The first-order valence-electron chi connectivity index (χ1n) is 4.23. The van der Waals surface area contributed by atoms with Gasteiger partial charge in [0.1, 0.15) is 5.78 Å². The van der Waals surface area contributed by atoms with Crippen LogP contribution in [0.4, 0.5) is 0 Å². The van der Waals surface area contributed by atoms with Crippen LogP contribution in [-0.2, 0) is 9.53 Å². The smallest absolute Gasteiger partial charge is 0.134 e. The molecule has 0 aromatic heterocycles. The molecule has 1 N–H and O–H groups in total. The van der Waals surface area contributed by atoms with Crippen LogP contribution in [-0.4, -0.2) is 31.1 Å². The number of fused-ring (bicyclic) bond motifs is 1. The molecule has 1 heterocycles. The number of ether oxygens (including phenoxy) is 1. The summed E-state index contributed by atoms with van der Waals surface area (Å²) >= 11 is 0. The zero-order chi connectivity index (χ0) is 7.68. The third kappa shape index (κ3) is 1.44. The van der Waals surface area contributed by atoms with E-state index in [0.717, 1.165) is 19.6 Å². The lowest BCUT2D eigenvalue weighted by Crippen LogP contribution is -2.51. The first-order valence-corrected chi connectivity index (χ1v) is 4.23. The Morgan fingerprint density at radius 1 is 1.55 bits per heavy atom. The summed E-state index contributed by atoms with van der Waals surface area (Å²) in [6.07, 6.45) is 2.60. The van der Waals surface area contributed by atoms with Crippen molar-refractivity contribution < 1.29 is 9.53 Å². The minimum absolute atomic E-state index is 0.307. The van der Waals surface area contributed by atoms with Gasteiger partial charge in [0, 0.05) is 25.4 Å². The molecule has 0 amide bonds. The van der Waals surface area contributed by atoms with Crippen molar-refractivity contribution in [1.29, 1.82) is 0 Å². The van der Waals surface area contributed by atoms with E-state index in [9.17, 15) is 4.79 Å². The highest BCUT2D eigenvalue weighted by atomic mass is 16.5. The normalized spacial score (nSPS) is 38.4. The fourth-order valence-corrected chi connectivity index (χ4v) is 1.84. The molecule has 0 radical (unpaired) electrons. The summed E-state index contributed by atoms with van der Waals surface area (Å²) in [5.74, 6) is 0.379. The van der Waals surface area contributed by atoms with E-state index in [4.69, 9.17) is 4.74 Å². The molecular formula is C8H13NO2. The van der Waals surface area contributed by atoms with Gasteiger partial charge in [-0.1, -0.05) is 0 Å². The molecule has 1 aliphatic carbocycles. The summed E-state index contributed by atoms with van der Waals surface area (Å²) in [4.78, 5) is 11.0. The SMILES string of the molecule is O=C1CCC2OCCNC2C1. The minimum atomic E-state index is 0.307. The first kappa shape index (κ1) is 7.25. The van der Waals surface area contributed by atoms with E-state index in [1.54, 1.807) is 0 Å². The van der Waals surface area contributed by atoms with E-state index in [1.807, 2.05) is 0 Å². The van der Waals surface area contributed by atoms with Gasteiger partial charge >= 0.3 is 0 Å². The van der Waals surface area contributed by atoms with Crippen molar-refractivity contribution in [1.82, 2.24) is 5.32 Å². The number of carbonyl (C=O) groups excluding carboxylic acids is 1. The number of Topliss-reactive ketones (excluding diaryl/α,β-unsaturated/α-hetero) is 1. The van der Waals surface area contributed by atoms with Crippen molar-refractivity contribution in [2.24, 2.45) is 0 Å². The van der Waals surface area contributed by atoms with Crippen LogP contribution < -0.4 is 5.32 Å². The van der Waals surface area contributed by atoms with E-state index in [0.29, 0.717) is 30.8 Å². The van der Waals surface area contributed by atoms with Crippen molar-refractivity contribution in [3.8, 4) is 0 Å². The molecule has 2 aliphatic rings. The van der Waals surface area contributed by atoms with Gasteiger partial charge in [-0.3, -0.25) is 4.79 Å². The average molecular weight is 155 g/mol. The van der Waals surface area contributed by atoms with Crippen LogP contribution in [0.15, 0.2) is 0 Å².